The molecule has 0 bridgehead atoms. The van der Waals surface area contributed by atoms with Gasteiger partial charge in [-0.2, -0.15) is 5.10 Å². The fourth-order valence-corrected chi connectivity index (χ4v) is 2.51. The number of hydrogen-bond donors (Lipinski definition) is 1. The molecule has 2 heterocycles. The van der Waals surface area contributed by atoms with Crippen LogP contribution in [0.5, 0.6) is 0 Å². The van der Waals surface area contributed by atoms with Gasteiger partial charge in [-0.3, -0.25) is 4.68 Å². The Hall–Kier alpha value is -2.14. The van der Waals surface area contributed by atoms with Crippen LogP contribution in [-0.4, -0.2) is 14.8 Å². The van der Waals surface area contributed by atoms with Crippen molar-refractivity contribution >= 4 is 11.0 Å². The Bertz CT molecular complexity index is 744. The van der Waals surface area contributed by atoms with Crippen LogP contribution in [-0.2, 0) is 13.0 Å². The second kappa shape index (κ2) is 5.69. The first-order valence-corrected chi connectivity index (χ1v) is 7.29. The predicted molar refractivity (Wildman–Crippen MR) is 81.9 cm³/mol. The summed E-state index contributed by atoms with van der Waals surface area (Å²) in [5.41, 5.74) is 8.37. The lowest BCUT2D eigenvalue weighted by molar-refractivity contribution is 0.474. The van der Waals surface area contributed by atoms with Gasteiger partial charge in [0.2, 0.25) is 0 Å². The summed E-state index contributed by atoms with van der Waals surface area (Å²) < 4.78 is 7.76. The lowest BCUT2D eigenvalue weighted by atomic mass is 10.1. The van der Waals surface area contributed by atoms with E-state index in [0.29, 0.717) is 6.42 Å². The smallest absolute Gasteiger partial charge is 0.138 e. The third-order valence-corrected chi connectivity index (χ3v) is 3.59. The molecule has 5 nitrogen and oxygen atoms in total. The van der Waals surface area contributed by atoms with Crippen LogP contribution in [0.25, 0.3) is 11.0 Å². The maximum absolute atomic E-state index is 6.28. The lowest BCUT2D eigenvalue weighted by Gasteiger charge is -2.09. The normalized spacial score (nSPS) is 12.9. The molecular formula is C16H20N4O. The molecule has 110 valence electrons. The minimum absolute atomic E-state index is 0.211. The Balaban J connectivity index is 1.83. The van der Waals surface area contributed by atoms with Gasteiger partial charge in [0.1, 0.15) is 23.5 Å². The van der Waals surface area contributed by atoms with Gasteiger partial charge >= 0.3 is 0 Å². The number of nitrogens with zero attached hydrogens (tertiary/aromatic N) is 3. The average molecular weight is 284 g/mol. The van der Waals surface area contributed by atoms with E-state index in [4.69, 9.17) is 10.2 Å². The first-order chi connectivity index (χ1) is 10.2. The van der Waals surface area contributed by atoms with E-state index in [9.17, 15) is 0 Å². The molecule has 0 aliphatic rings. The van der Waals surface area contributed by atoms with Crippen molar-refractivity contribution in [2.45, 2.75) is 39.3 Å². The van der Waals surface area contributed by atoms with Crippen molar-refractivity contribution in [3.05, 3.63) is 47.7 Å². The largest absolute Gasteiger partial charge is 0.459 e. The minimum Gasteiger partial charge on any atom is -0.459 e. The molecule has 0 aliphatic carbocycles. The molecule has 1 aromatic carbocycles. The highest BCUT2D eigenvalue weighted by Crippen LogP contribution is 2.25. The molecule has 2 aromatic heterocycles. The fraction of sp³-hybridized carbons (Fsp3) is 0.375. The standard InChI is InChI=1S/C16H20N4O/c1-3-6-20-16(18-10-19-20)9-13(17)15-8-12-7-11(2)4-5-14(12)21-15/h4-5,7-8,10,13H,3,6,9,17H2,1-2H3. The van der Waals surface area contributed by atoms with Crippen molar-refractivity contribution in [2.75, 3.05) is 0 Å². The number of hydrogen-bond acceptors (Lipinski definition) is 4. The fourth-order valence-electron chi connectivity index (χ4n) is 2.51. The van der Waals surface area contributed by atoms with Crippen LogP contribution in [0.3, 0.4) is 0 Å². The summed E-state index contributed by atoms with van der Waals surface area (Å²) in [7, 11) is 0. The van der Waals surface area contributed by atoms with Gasteiger partial charge in [0.25, 0.3) is 0 Å². The number of furan rings is 1. The molecule has 1 unspecified atom stereocenters. The Morgan fingerprint density at radius 1 is 1.33 bits per heavy atom. The van der Waals surface area contributed by atoms with Crippen LogP contribution in [0, 0.1) is 6.92 Å². The van der Waals surface area contributed by atoms with E-state index in [1.165, 1.54) is 5.56 Å². The summed E-state index contributed by atoms with van der Waals surface area (Å²) in [6.45, 7) is 5.05. The monoisotopic (exact) mass is 284 g/mol. The highest BCUT2D eigenvalue weighted by molar-refractivity contribution is 5.78. The minimum atomic E-state index is -0.211. The summed E-state index contributed by atoms with van der Waals surface area (Å²) in [6.07, 6.45) is 3.23. The van der Waals surface area contributed by atoms with Crippen molar-refractivity contribution in [1.82, 2.24) is 14.8 Å². The van der Waals surface area contributed by atoms with E-state index in [1.807, 2.05) is 22.9 Å². The maximum Gasteiger partial charge on any atom is 0.138 e. The van der Waals surface area contributed by atoms with Gasteiger partial charge in [0, 0.05) is 18.4 Å². The average Bonchev–Trinajstić information content (AvgIpc) is 3.06. The molecule has 5 heteroatoms. The van der Waals surface area contributed by atoms with E-state index < -0.39 is 0 Å². The second-order valence-corrected chi connectivity index (χ2v) is 5.40. The quantitative estimate of drug-likeness (QED) is 0.782. The molecule has 3 rings (SSSR count). The maximum atomic E-state index is 6.28. The molecule has 0 radical (unpaired) electrons. The Labute approximate surface area is 123 Å². The van der Waals surface area contributed by atoms with Gasteiger partial charge in [0.05, 0.1) is 6.04 Å². The molecule has 2 N–H and O–H groups in total. The van der Waals surface area contributed by atoms with E-state index in [0.717, 1.165) is 35.5 Å². The second-order valence-electron chi connectivity index (χ2n) is 5.40. The number of benzene rings is 1. The molecule has 21 heavy (non-hydrogen) atoms. The van der Waals surface area contributed by atoms with E-state index >= 15 is 0 Å². The van der Waals surface area contributed by atoms with E-state index in [1.54, 1.807) is 6.33 Å². The molecule has 1 atom stereocenters. The molecular weight excluding hydrogens is 264 g/mol. The van der Waals surface area contributed by atoms with Gasteiger partial charge in [0.15, 0.2) is 0 Å². The van der Waals surface area contributed by atoms with Crippen molar-refractivity contribution in [3.63, 3.8) is 0 Å². The van der Waals surface area contributed by atoms with Crippen LogP contribution < -0.4 is 5.73 Å². The lowest BCUT2D eigenvalue weighted by Crippen LogP contribution is -2.16. The van der Waals surface area contributed by atoms with Crippen LogP contribution in [0.15, 0.2) is 35.0 Å². The number of rotatable bonds is 5. The predicted octanol–water partition coefficient (Wildman–Crippen LogP) is 2.99. The molecule has 0 spiro atoms. The van der Waals surface area contributed by atoms with Gasteiger partial charge in [-0.05, 0) is 31.5 Å². The van der Waals surface area contributed by atoms with Crippen molar-refractivity contribution in [2.24, 2.45) is 5.73 Å². The summed E-state index contributed by atoms with van der Waals surface area (Å²) in [5.74, 6) is 1.70. The molecule has 3 aromatic rings. The number of fused-ring (bicyclic) bond motifs is 1. The molecule has 0 saturated carbocycles. The highest BCUT2D eigenvalue weighted by Gasteiger charge is 2.16. The van der Waals surface area contributed by atoms with Crippen LogP contribution in [0.2, 0.25) is 0 Å². The Kier molecular flexibility index (Phi) is 3.75. The van der Waals surface area contributed by atoms with Crippen LogP contribution >= 0.6 is 0 Å². The van der Waals surface area contributed by atoms with E-state index in [-0.39, 0.29) is 6.04 Å². The molecule has 0 fully saturated rings. The third-order valence-electron chi connectivity index (χ3n) is 3.59. The summed E-state index contributed by atoms with van der Waals surface area (Å²) in [6, 6.07) is 7.94. The third kappa shape index (κ3) is 2.83. The summed E-state index contributed by atoms with van der Waals surface area (Å²) in [4.78, 5) is 4.30. The van der Waals surface area contributed by atoms with Gasteiger partial charge in [-0.25, -0.2) is 4.98 Å². The zero-order valence-electron chi connectivity index (χ0n) is 12.4. The van der Waals surface area contributed by atoms with Crippen LogP contribution in [0.4, 0.5) is 0 Å². The van der Waals surface area contributed by atoms with Crippen molar-refractivity contribution in [3.8, 4) is 0 Å². The molecule has 0 amide bonds. The Morgan fingerprint density at radius 3 is 3.00 bits per heavy atom. The van der Waals surface area contributed by atoms with Gasteiger partial charge in [-0.1, -0.05) is 18.6 Å². The zero-order valence-corrected chi connectivity index (χ0v) is 12.4. The van der Waals surface area contributed by atoms with E-state index in [2.05, 4.69) is 30.0 Å². The summed E-state index contributed by atoms with van der Waals surface area (Å²) in [5, 5.41) is 5.32. The van der Waals surface area contributed by atoms with Gasteiger partial charge in [-0.15, -0.1) is 0 Å². The van der Waals surface area contributed by atoms with Crippen molar-refractivity contribution in [1.29, 1.82) is 0 Å². The first kappa shape index (κ1) is 13.8. The highest BCUT2D eigenvalue weighted by atomic mass is 16.3. The van der Waals surface area contributed by atoms with Gasteiger partial charge < -0.3 is 10.2 Å². The molecule has 0 aliphatic heterocycles. The van der Waals surface area contributed by atoms with Crippen LogP contribution in [0.1, 0.15) is 36.5 Å². The SMILES string of the molecule is CCCn1ncnc1CC(N)c1cc2cc(C)ccc2o1. The first-order valence-electron chi connectivity index (χ1n) is 7.29. The van der Waals surface area contributed by atoms with Crippen molar-refractivity contribution < 1.29 is 4.42 Å². The number of aromatic nitrogens is 3. The summed E-state index contributed by atoms with van der Waals surface area (Å²) >= 11 is 0. The number of aryl methyl sites for hydroxylation is 2. The zero-order chi connectivity index (χ0) is 14.8. The topological polar surface area (TPSA) is 69.9 Å². The molecule has 0 saturated heterocycles. The number of nitrogens with two attached hydrogens (primary N) is 1. The Morgan fingerprint density at radius 2 is 2.19 bits per heavy atom.